The largest absolute Gasteiger partial charge is 0.378 e. The van der Waals surface area contributed by atoms with Crippen LogP contribution in [0.1, 0.15) is 13.3 Å². The first-order valence-corrected chi connectivity index (χ1v) is 6.48. The van der Waals surface area contributed by atoms with Crippen LogP contribution in [-0.4, -0.2) is 45.7 Å². The Bertz CT molecular complexity index is 234. The van der Waals surface area contributed by atoms with E-state index in [-0.39, 0.29) is 5.75 Å². The summed E-state index contributed by atoms with van der Waals surface area (Å²) in [6.45, 7) is 3.98. The zero-order valence-corrected chi connectivity index (χ0v) is 8.77. The molecule has 1 aliphatic rings. The van der Waals surface area contributed by atoms with Crippen LogP contribution in [0.25, 0.3) is 0 Å². The molecule has 1 N–H and O–H groups in total. The molecule has 0 radical (unpaired) electrons. The van der Waals surface area contributed by atoms with Gasteiger partial charge in [-0.2, -0.15) is 0 Å². The molecule has 1 aliphatic heterocycles. The number of nitrogens with one attached hydrogen (secondary N) is 1. The molecule has 0 aromatic rings. The van der Waals surface area contributed by atoms with Crippen LogP contribution in [0, 0.1) is 0 Å². The maximum absolute atomic E-state index is 11.1. The third-order valence-electron chi connectivity index (χ3n) is 2.14. The lowest BCUT2D eigenvalue weighted by Gasteiger charge is -2.26. The highest BCUT2D eigenvalue weighted by Crippen LogP contribution is 1.99. The molecule has 0 aromatic heterocycles. The Morgan fingerprint density at radius 1 is 1.46 bits per heavy atom. The number of hydrogen-bond donors (Lipinski definition) is 1. The molecule has 4 nitrogen and oxygen atoms in total. The molecule has 0 saturated carbocycles. The monoisotopic (exact) mass is 207 g/mol. The lowest BCUT2D eigenvalue weighted by atomic mass is 10.2. The van der Waals surface area contributed by atoms with Gasteiger partial charge < -0.3 is 10.1 Å². The molecule has 0 aliphatic carbocycles. The van der Waals surface area contributed by atoms with Crippen molar-refractivity contribution in [2.24, 2.45) is 0 Å². The summed E-state index contributed by atoms with van der Waals surface area (Å²) in [5, 5.41) is 3.23. The van der Waals surface area contributed by atoms with E-state index >= 15 is 0 Å². The summed E-state index contributed by atoms with van der Waals surface area (Å²) in [7, 11) is -2.78. The fraction of sp³-hybridized carbons (Fsp3) is 1.00. The molecular formula is C8H17NO3S. The van der Waals surface area contributed by atoms with Gasteiger partial charge in [-0.3, -0.25) is 0 Å². The van der Waals surface area contributed by atoms with Crippen molar-refractivity contribution in [3.63, 3.8) is 0 Å². The molecule has 1 rings (SSSR count). The van der Waals surface area contributed by atoms with Crippen molar-refractivity contribution in [1.29, 1.82) is 0 Å². The van der Waals surface area contributed by atoms with Gasteiger partial charge in [0.2, 0.25) is 0 Å². The molecule has 13 heavy (non-hydrogen) atoms. The number of hydrogen-bond acceptors (Lipinski definition) is 4. The Morgan fingerprint density at radius 2 is 2.15 bits per heavy atom. The van der Waals surface area contributed by atoms with Crippen LogP contribution < -0.4 is 5.32 Å². The number of ether oxygens (including phenoxy) is 1. The van der Waals surface area contributed by atoms with Gasteiger partial charge in [-0.25, -0.2) is 8.42 Å². The van der Waals surface area contributed by atoms with Crippen LogP contribution in [0.4, 0.5) is 0 Å². The topological polar surface area (TPSA) is 55.4 Å². The van der Waals surface area contributed by atoms with Crippen molar-refractivity contribution in [3.05, 3.63) is 0 Å². The molecule has 0 amide bonds. The Balaban J connectivity index is 2.00. The summed E-state index contributed by atoms with van der Waals surface area (Å²) in [5.41, 5.74) is 0. The minimum Gasteiger partial charge on any atom is -0.378 e. The van der Waals surface area contributed by atoms with Gasteiger partial charge in [-0.1, -0.05) is 6.92 Å². The highest BCUT2D eigenvalue weighted by atomic mass is 32.2. The van der Waals surface area contributed by atoms with Gasteiger partial charge in [-0.05, 0) is 13.0 Å². The Hall–Kier alpha value is -0.130. The van der Waals surface area contributed by atoms with E-state index in [4.69, 9.17) is 4.74 Å². The van der Waals surface area contributed by atoms with Crippen molar-refractivity contribution >= 4 is 9.84 Å². The van der Waals surface area contributed by atoms with E-state index < -0.39 is 9.84 Å². The molecule has 0 bridgehead atoms. The predicted octanol–water partition coefficient (Wildman–Crippen LogP) is -0.200. The Labute approximate surface area is 79.6 Å². The van der Waals surface area contributed by atoms with E-state index in [1.807, 2.05) is 0 Å². The first kappa shape index (κ1) is 10.9. The first-order valence-electron chi connectivity index (χ1n) is 4.65. The lowest BCUT2D eigenvalue weighted by molar-refractivity contribution is -0.00475. The van der Waals surface area contributed by atoms with E-state index in [9.17, 15) is 8.42 Å². The highest BCUT2D eigenvalue weighted by molar-refractivity contribution is 7.91. The van der Waals surface area contributed by atoms with E-state index in [0.717, 1.165) is 19.8 Å². The third kappa shape index (κ3) is 4.06. The third-order valence-corrected chi connectivity index (χ3v) is 3.93. The minimum absolute atomic E-state index is 0.250. The minimum atomic E-state index is -2.78. The standard InChI is InChI=1S/C8H17NO3S/c1-2-13(10,11)5-3-4-9-8-6-12-7-8/h8-9H,2-7H2,1H3. The van der Waals surface area contributed by atoms with Gasteiger partial charge in [0.1, 0.15) is 9.84 Å². The highest BCUT2D eigenvalue weighted by Gasteiger charge is 2.16. The van der Waals surface area contributed by atoms with Crippen molar-refractivity contribution in [2.45, 2.75) is 19.4 Å². The van der Waals surface area contributed by atoms with Gasteiger partial charge in [-0.15, -0.1) is 0 Å². The number of sulfone groups is 1. The average Bonchev–Trinajstić information content (AvgIpc) is 2.01. The fourth-order valence-corrected chi connectivity index (χ4v) is 1.97. The fourth-order valence-electron chi connectivity index (χ4n) is 1.10. The van der Waals surface area contributed by atoms with Crippen molar-refractivity contribution < 1.29 is 13.2 Å². The van der Waals surface area contributed by atoms with E-state index in [0.29, 0.717) is 18.2 Å². The second-order valence-electron chi connectivity index (χ2n) is 3.28. The van der Waals surface area contributed by atoms with Crippen LogP contribution in [0.2, 0.25) is 0 Å². The lowest BCUT2D eigenvalue weighted by Crippen LogP contribution is -2.46. The van der Waals surface area contributed by atoms with Crippen molar-refractivity contribution in [2.75, 3.05) is 31.3 Å². The molecule has 0 atom stereocenters. The summed E-state index contributed by atoms with van der Waals surface area (Å²) in [6, 6.07) is 0.448. The maximum atomic E-state index is 11.1. The van der Waals surface area contributed by atoms with E-state index in [1.165, 1.54) is 0 Å². The molecule has 0 unspecified atom stereocenters. The normalized spacial score (nSPS) is 18.5. The predicted molar refractivity (Wildman–Crippen MR) is 51.6 cm³/mol. The van der Waals surface area contributed by atoms with Gasteiger partial charge in [0.25, 0.3) is 0 Å². The smallest absolute Gasteiger partial charge is 0.150 e. The van der Waals surface area contributed by atoms with Crippen LogP contribution in [-0.2, 0) is 14.6 Å². The molecule has 78 valence electrons. The summed E-state index contributed by atoms with van der Waals surface area (Å²) >= 11 is 0. The molecule has 1 heterocycles. The van der Waals surface area contributed by atoms with Crippen molar-refractivity contribution in [3.8, 4) is 0 Å². The molecule has 1 fully saturated rings. The zero-order chi connectivity index (χ0) is 9.73. The van der Waals surface area contributed by atoms with Crippen LogP contribution >= 0.6 is 0 Å². The average molecular weight is 207 g/mol. The zero-order valence-electron chi connectivity index (χ0n) is 7.95. The van der Waals surface area contributed by atoms with Crippen LogP contribution in [0.15, 0.2) is 0 Å². The molecule has 1 saturated heterocycles. The SMILES string of the molecule is CCS(=O)(=O)CCCNC1COC1. The maximum Gasteiger partial charge on any atom is 0.150 e. The van der Waals surface area contributed by atoms with Gasteiger partial charge in [0.15, 0.2) is 0 Å². The second kappa shape index (κ2) is 4.93. The van der Waals surface area contributed by atoms with E-state index in [1.54, 1.807) is 6.92 Å². The molecule has 0 spiro atoms. The first-order chi connectivity index (χ1) is 6.14. The van der Waals surface area contributed by atoms with Gasteiger partial charge >= 0.3 is 0 Å². The van der Waals surface area contributed by atoms with Crippen LogP contribution in [0.5, 0.6) is 0 Å². The molecular weight excluding hydrogens is 190 g/mol. The summed E-state index contributed by atoms with van der Waals surface area (Å²) in [5.74, 6) is 0.545. The van der Waals surface area contributed by atoms with Gasteiger partial charge in [0, 0.05) is 5.75 Å². The summed E-state index contributed by atoms with van der Waals surface area (Å²) in [4.78, 5) is 0. The molecule has 5 heteroatoms. The number of rotatable bonds is 6. The van der Waals surface area contributed by atoms with Gasteiger partial charge in [0.05, 0.1) is 25.0 Å². The molecule has 0 aromatic carbocycles. The Kier molecular flexibility index (Phi) is 4.15. The van der Waals surface area contributed by atoms with Crippen molar-refractivity contribution in [1.82, 2.24) is 5.32 Å². The van der Waals surface area contributed by atoms with E-state index in [2.05, 4.69) is 5.32 Å². The second-order valence-corrected chi connectivity index (χ2v) is 5.75. The quantitative estimate of drug-likeness (QED) is 0.613. The summed E-state index contributed by atoms with van der Waals surface area (Å²) in [6.07, 6.45) is 0.701. The van der Waals surface area contributed by atoms with Crippen LogP contribution in [0.3, 0.4) is 0 Å². The Morgan fingerprint density at radius 3 is 2.62 bits per heavy atom. The summed E-state index contributed by atoms with van der Waals surface area (Å²) < 4.78 is 27.1.